The lowest BCUT2D eigenvalue weighted by Gasteiger charge is -2.10. The Bertz CT molecular complexity index is 1130. The van der Waals surface area contributed by atoms with Gasteiger partial charge < -0.3 is 10.3 Å². The van der Waals surface area contributed by atoms with Crippen molar-refractivity contribution < 1.29 is 4.79 Å². The third-order valence-corrected chi connectivity index (χ3v) is 5.56. The van der Waals surface area contributed by atoms with Crippen molar-refractivity contribution in [3.8, 4) is 11.3 Å². The van der Waals surface area contributed by atoms with Crippen molar-refractivity contribution >= 4 is 23.4 Å². The van der Waals surface area contributed by atoms with Crippen LogP contribution < -0.4 is 5.32 Å². The Hall–Kier alpha value is -3.38. The Kier molecular flexibility index (Phi) is 6.25. The summed E-state index contributed by atoms with van der Waals surface area (Å²) < 4.78 is 0. The fourth-order valence-corrected chi connectivity index (χ4v) is 3.93. The molecule has 2 N–H and O–H groups in total. The highest BCUT2D eigenvalue weighted by Crippen LogP contribution is 2.28. The molecule has 4 rings (SSSR count). The summed E-state index contributed by atoms with van der Waals surface area (Å²) in [4.78, 5) is 25.3. The zero-order valence-electron chi connectivity index (χ0n) is 16.6. The van der Waals surface area contributed by atoms with Crippen molar-refractivity contribution in [2.75, 3.05) is 5.32 Å². The van der Waals surface area contributed by atoms with E-state index in [1.54, 1.807) is 18.5 Å². The lowest BCUT2D eigenvalue weighted by atomic mass is 10.2. The predicted molar refractivity (Wildman–Crippen MR) is 121 cm³/mol. The first-order valence-corrected chi connectivity index (χ1v) is 10.6. The maximum absolute atomic E-state index is 12.4. The third kappa shape index (κ3) is 5.15. The minimum absolute atomic E-state index is 0.000701. The SMILES string of the molecule is Cc1cc(Sc2ncccn2)ccc1NC(=O)CCc1ccc(-c2ccccc2)[nH]1. The van der Waals surface area contributed by atoms with Gasteiger partial charge in [-0.1, -0.05) is 30.3 Å². The van der Waals surface area contributed by atoms with Crippen molar-refractivity contribution in [3.05, 3.63) is 90.4 Å². The Morgan fingerprint density at radius 3 is 2.57 bits per heavy atom. The highest BCUT2D eigenvalue weighted by atomic mass is 32.2. The summed E-state index contributed by atoms with van der Waals surface area (Å²) in [6.45, 7) is 1.99. The number of aryl methyl sites for hydroxylation is 2. The smallest absolute Gasteiger partial charge is 0.224 e. The second kappa shape index (κ2) is 9.41. The van der Waals surface area contributed by atoms with E-state index in [-0.39, 0.29) is 5.91 Å². The minimum atomic E-state index is 0.000701. The maximum Gasteiger partial charge on any atom is 0.224 e. The molecule has 0 spiro atoms. The van der Waals surface area contributed by atoms with Gasteiger partial charge in [-0.15, -0.1) is 0 Å². The van der Waals surface area contributed by atoms with Crippen LogP contribution in [-0.4, -0.2) is 20.9 Å². The Labute approximate surface area is 180 Å². The van der Waals surface area contributed by atoms with Crippen molar-refractivity contribution in [1.29, 1.82) is 0 Å². The second-order valence-electron chi connectivity index (χ2n) is 6.92. The number of carbonyl (C=O) groups excluding carboxylic acids is 1. The molecule has 0 atom stereocenters. The number of H-pyrrole nitrogens is 1. The van der Waals surface area contributed by atoms with Crippen molar-refractivity contribution in [2.45, 2.75) is 29.8 Å². The van der Waals surface area contributed by atoms with Crippen LogP contribution in [0, 0.1) is 6.92 Å². The average Bonchev–Trinajstić information content (AvgIpc) is 3.25. The van der Waals surface area contributed by atoms with Crippen LogP contribution in [0.2, 0.25) is 0 Å². The van der Waals surface area contributed by atoms with Crippen molar-refractivity contribution in [3.63, 3.8) is 0 Å². The molecule has 1 amide bonds. The van der Waals surface area contributed by atoms with E-state index < -0.39 is 0 Å². The number of anilines is 1. The van der Waals surface area contributed by atoms with Crippen LogP contribution in [0.4, 0.5) is 5.69 Å². The van der Waals surface area contributed by atoms with Gasteiger partial charge in [0.15, 0.2) is 5.16 Å². The molecule has 0 saturated carbocycles. The number of nitrogens with one attached hydrogen (secondary N) is 2. The van der Waals surface area contributed by atoms with E-state index in [1.165, 1.54) is 11.8 Å². The number of benzene rings is 2. The molecule has 2 aromatic carbocycles. The molecule has 2 heterocycles. The first kappa shape index (κ1) is 19.9. The van der Waals surface area contributed by atoms with Crippen LogP contribution in [0.1, 0.15) is 17.7 Å². The van der Waals surface area contributed by atoms with Gasteiger partial charge in [-0.3, -0.25) is 4.79 Å². The molecular weight excluding hydrogens is 392 g/mol. The van der Waals surface area contributed by atoms with E-state index >= 15 is 0 Å². The van der Waals surface area contributed by atoms with Gasteiger partial charge in [-0.2, -0.15) is 0 Å². The van der Waals surface area contributed by atoms with Crippen LogP contribution in [0.25, 0.3) is 11.3 Å². The molecule has 4 aromatic rings. The second-order valence-corrected chi connectivity index (χ2v) is 7.96. The number of hydrogen-bond acceptors (Lipinski definition) is 4. The van der Waals surface area contributed by atoms with Gasteiger partial charge in [0.1, 0.15) is 0 Å². The molecule has 0 aliphatic rings. The number of amides is 1. The molecule has 5 nitrogen and oxygen atoms in total. The van der Waals surface area contributed by atoms with E-state index in [0.29, 0.717) is 18.0 Å². The first-order chi connectivity index (χ1) is 14.7. The summed E-state index contributed by atoms with van der Waals surface area (Å²) in [6.07, 6.45) is 4.53. The first-order valence-electron chi connectivity index (χ1n) is 9.76. The molecule has 0 fully saturated rings. The molecule has 0 unspecified atom stereocenters. The molecule has 0 aliphatic carbocycles. The molecular formula is C24H22N4OS. The Balaban J connectivity index is 1.32. The van der Waals surface area contributed by atoms with Gasteiger partial charge in [0, 0.05) is 40.8 Å². The van der Waals surface area contributed by atoms with E-state index in [1.807, 2.05) is 49.4 Å². The standard InChI is InChI=1S/C24H22N4OS/c1-17-16-20(30-24-25-14-5-15-26-24)10-12-21(17)28-23(29)13-9-19-8-11-22(27-19)18-6-3-2-4-7-18/h2-8,10-12,14-16,27H,9,13H2,1H3,(H,28,29). The van der Waals surface area contributed by atoms with Gasteiger partial charge in [-0.25, -0.2) is 9.97 Å². The fraction of sp³-hybridized carbons (Fsp3) is 0.125. The number of aromatic nitrogens is 3. The quantitative estimate of drug-likeness (QED) is 0.392. The van der Waals surface area contributed by atoms with Crippen LogP contribution in [-0.2, 0) is 11.2 Å². The van der Waals surface area contributed by atoms with Crippen LogP contribution in [0.15, 0.2) is 89.2 Å². The number of rotatable bonds is 7. The van der Waals surface area contributed by atoms with E-state index in [4.69, 9.17) is 0 Å². The highest BCUT2D eigenvalue weighted by molar-refractivity contribution is 7.99. The van der Waals surface area contributed by atoms with Crippen LogP contribution in [0.3, 0.4) is 0 Å². The van der Waals surface area contributed by atoms with Crippen LogP contribution in [0.5, 0.6) is 0 Å². The number of aromatic amines is 1. The summed E-state index contributed by atoms with van der Waals surface area (Å²) in [5.41, 5.74) is 5.10. The van der Waals surface area contributed by atoms with Gasteiger partial charge in [-0.05, 0) is 72.6 Å². The summed E-state index contributed by atoms with van der Waals surface area (Å²) in [7, 11) is 0. The molecule has 150 valence electrons. The number of hydrogen-bond donors (Lipinski definition) is 2. The molecule has 6 heteroatoms. The lowest BCUT2D eigenvalue weighted by Crippen LogP contribution is -2.13. The third-order valence-electron chi connectivity index (χ3n) is 4.68. The largest absolute Gasteiger partial charge is 0.358 e. The molecule has 30 heavy (non-hydrogen) atoms. The van der Waals surface area contributed by atoms with Gasteiger partial charge in [0.05, 0.1) is 0 Å². The minimum Gasteiger partial charge on any atom is -0.358 e. The lowest BCUT2D eigenvalue weighted by molar-refractivity contribution is -0.116. The fourth-order valence-electron chi connectivity index (χ4n) is 3.12. The van der Waals surface area contributed by atoms with Gasteiger partial charge >= 0.3 is 0 Å². The zero-order chi connectivity index (χ0) is 20.8. The number of carbonyl (C=O) groups is 1. The summed E-state index contributed by atoms with van der Waals surface area (Å²) >= 11 is 1.50. The molecule has 0 aliphatic heterocycles. The Morgan fingerprint density at radius 1 is 1.00 bits per heavy atom. The summed E-state index contributed by atoms with van der Waals surface area (Å²) in [5, 5.41) is 3.72. The summed E-state index contributed by atoms with van der Waals surface area (Å²) in [6, 6.07) is 22.0. The highest BCUT2D eigenvalue weighted by Gasteiger charge is 2.09. The van der Waals surface area contributed by atoms with E-state index in [2.05, 4.69) is 38.5 Å². The average molecular weight is 415 g/mol. The molecule has 0 bridgehead atoms. The monoisotopic (exact) mass is 414 g/mol. The van der Waals surface area contributed by atoms with Gasteiger partial charge in [0.25, 0.3) is 0 Å². The van der Waals surface area contributed by atoms with E-state index in [0.717, 1.165) is 33.1 Å². The summed E-state index contributed by atoms with van der Waals surface area (Å²) in [5.74, 6) is 0.000701. The predicted octanol–water partition coefficient (Wildman–Crippen LogP) is 5.50. The number of nitrogens with zero attached hydrogens (tertiary/aromatic N) is 2. The zero-order valence-corrected chi connectivity index (χ0v) is 17.4. The normalized spacial score (nSPS) is 10.7. The molecule has 0 saturated heterocycles. The van der Waals surface area contributed by atoms with Crippen LogP contribution >= 0.6 is 11.8 Å². The van der Waals surface area contributed by atoms with Crippen molar-refractivity contribution in [1.82, 2.24) is 15.0 Å². The van der Waals surface area contributed by atoms with E-state index in [9.17, 15) is 4.79 Å². The Morgan fingerprint density at radius 2 is 1.80 bits per heavy atom. The van der Waals surface area contributed by atoms with Crippen molar-refractivity contribution in [2.24, 2.45) is 0 Å². The van der Waals surface area contributed by atoms with Gasteiger partial charge in [0.2, 0.25) is 5.91 Å². The molecule has 2 aromatic heterocycles. The molecule has 0 radical (unpaired) electrons. The maximum atomic E-state index is 12.4. The topological polar surface area (TPSA) is 70.7 Å².